The molecule has 120 valence electrons. The molecule has 21 heavy (non-hydrogen) atoms. The van der Waals surface area contributed by atoms with E-state index < -0.39 is 11.2 Å². The van der Waals surface area contributed by atoms with E-state index in [1.165, 1.54) is 5.57 Å². The van der Waals surface area contributed by atoms with Crippen LogP contribution >= 0.6 is 0 Å². The summed E-state index contributed by atoms with van der Waals surface area (Å²) in [5.41, 5.74) is 7.46. The van der Waals surface area contributed by atoms with Gasteiger partial charge < -0.3 is 10.6 Å². The molecule has 1 fully saturated rings. The highest BCUT2D eigenvalue weighted by atomic mass is 17.0. The van der Waals surface area contributed by atoms with E-state index in [4.69, 9.17) is 10.6 Å². The van der Waals surface area contributed by atoms with Gasteiger partial charge in [0.25, 0.3) is 5.09 Å². The Morgan fingerprint density at radius 3 is 2.62 bits per heavy atom. The van der Waals surface area contributed by atoms with Crippen LogP contribution in [0.15, 0.2) is 11.6 Å². The monoisotopic (exact) mass is 296 g/mol. The third-order valence-corrected chi connectivity index (χ3v) is 5.30. The molecule has 3 atom stereocenters. The topological polar surface area (TPSA) is 78.4 Å². The number of rotatable bonds is 5. The minimum atomic E-state index is -0.668. The van der Waals surface area contributed by atoms with Crippen LogP contribution in [0.4, 0.5) is 0 Å². The number of hydrogen-bond donors (Lipinski definition) is 1. The normalized spacial score (nSPS) is 35.8. The second-order valence-corrected chi connectivity index (χ2v) is 8.19. The van der Waals surface area contributed by atoms with Crippen LogP contribution in [0.3, 0.4) is 0 Å². The number of nitrogens with two attached hydrogens (primary N) is 1. The summed E-state index contributed by atoms with van der Waals surface area (Å²) in [6, 6.07) is 0. The second kappa shape index (κ2) is 5.27. The zero-order chi connectivity index (χ0) is 15.9. The van der Waals surface area contributed by atoms with E-state index in [2.05, 4.69) is 26.8 Å². The molecule has 0 aliphatic heterocycles. The smallest absolute Gasteiger partial charge is 0.294 e. The zero-order valence-corrected chi connectivity index (χ0v) is 13.6. The van der Waals surface area contributed by atoms with Crippen molar-refractivity contribution in [2.45, 2.75) is 65.9 Å². The third-order valence-electron chi connectivity index (χ3n) is 5.30. The Hall–Kier alpha value is -1.10. The first-order valence-electron chi connectivity index (χ1n) is 7.82. The van der Waals surface area contributed by atoms with E-state index in [0.29, 0.717) is 6.54 Å². The lowest BCUT2D eigenvalue weighted by Gasteiger charge is -2.54. The van der Waals surface area contributed by atoms with Crippen molar-refractivity contribution < 1.29 is 9.92 Å². The van der Waals surface area contributed by atoms with E-state index in [-0.39, 0.29) is 16.2 Å². The minimum Gasteiger partial charge on any atom is -0.330 e. The summed E-state index contributed by atoms with van der Waals surface area (Å²) in [4.78, 5) is 15.6. The largest absolute Gasteiger partial charge is 0.330 e. The fourth-order valence-corrected chi connectivity index (χ4v) is 4.93. The Morgan fingerprint density at radius 1 is 1.38 bits per heavy atom. The lowest BCUT2D eigenvalue weighted by Crippen LogP contribution is -2.46. The summed E-state index contributed by atoms with van der Waals surface area (Å²) in [5, 5.41) is 10.0. The molecule has 0 aromatic carbocycles. The first-order valence-corrected chi connectivity index (χ1v) is 7.82. The summed E-state index contributed by atoms with van der Waals surface area (Å²) in [7, 11) is 0. The van der Waals surface area contributed by atoms with E-state index in [1.54, 1.807) is 0 Å². The van der Waals surface area contributed by atoms with Gasteiger partial charge in [-0.1, -0.05) is 32.4 Å². The fourth-order valence-electron chi connectivity index (χ4n) is 4.93. The number of allylic oxidation sites excluding steroid dienone is 1. The van der Waals surface area contributed by atoms with Crippen LogP contribution in [0.5, 0.6) is 0 Å². The minimum absolute atomic E-state index is 0.170. The van der Waals surface area contributed by atoms with Crippen molar-refractivity contribution in [1.29, 1.82) is 0 Å². The highest BCUT2D eigenvalue weighted by Gasteiger charge is 2.50. The van der Waals surface area contributed by atoms with Gasteiger partial charge in [-0.25, -0.2) is 0 Å². The van der Waals surface area contributed by atoms with Gasteiger partial charge in [0.1, 0.15) is 6.10 Å². The Kier molecular flexibility index (Phi) is 4.08. The highest BCUT2D eigenvalue weighted by Crippen LogP contribution is 2.59. The summed E-state index contributed by atoms with van der Waals surface area (Å²) in [6.45, 7) is 9.19. The molecule has 1 saturated carbocycles. The lowest BCUT2D eigenvalue weighted by atomic mass is 9.51. The summed E-state index contributed by atoms with van der Waals surface area (Å²) >= 11 is 0. The van der Waals surface area contributed by atoms with Crippen molar-refractivity contribution >= 4 is 0 Å². The molecule has 0 saturated heterocycles. The Bertz CT molecular complexity index is 460. The number of hydrogen-bond acceptors (Lipinski definition) is 4. The van der Waals surface area contributed by atoms with Crippen molar-refractivity contribution in [3.63, 3.8) is 0 Å². The van der Waals surface area contributed by atoms with E-state index in [9.17, 15) is 10.1 Å². The van der Waals surface area contributed by atoms with Crippen LogP contribution in [0, 0.1) is 26.4 Å². The highest BCUT2D eigenvalue weighted by molar-refractivity contribution is 5.23. The van der Waals surface area contributed by atoms with E-state index in [0.717, 1.165) is 32.1 Å². The van der Waals surface area contributed by atoms with Crippen molar-refractivity contribution in [3.05, 3.63) is 21.8 Å². The molecule has 3 unspecified atom stereocenters. The maximum atomic E-state index is 10.7. The molecule has 2 aliphatic rings. The SMILES string of the molecule is CC(O[N+](=O)[O-])C1(C)C=C2CC(C)(C)CC(CCN)(C2)C1. The molecule has 0 spiro atoms. The van der Waals surface area contributed by atoms with Crippen LogP contribution in [-0.2, 0) is 4.84 Å². The van der Waals surface area contributed by atoms with E-state index in [1.807, 2.05) is 6.92 Å². The molecular formula is C16H28N2O3. The van der Waals surface area contributed by atoms with Gasteiger partial charge in [0.15, 0.2) is 0 Å². The predicted molar refractivity (Wildman–Crippen MR) is 82.1 cm³/mol. The average molecular weight is 296 g/mol. The molecule has 0 radical (unpaired) electrons. The second-order valence-electron chi connectivity index (χ2n) is 8.19. The van der Waals surface area contributed by atoms with Crippen molar-refractivity contribution in [2.24, 2.45) is 22.0 Å². The molecule has 0 heterocycles. The van der Waals surface area contributed by atoms with Gasteiger partial charge in [-0.15, -0.1) is 10.1 Å². The van der Waals surface area contributed by atoms with Crippen LogP contribution in [-0.4, -0.2) is 17.7 Å². The standard InChI is InChI=1S/C16H28N2O3/c1-12(21-18(19)20)15(4)8-13-7-14(2,3)10-16(9-13,11-15)5-6-17/h8,12H,5-7,9-11,17H2,1-4H3. The number of fused-ring (bicyclic) bond motifs is 2. The molecule has 2 rings (SSSR count). The average Bonchev–Trinajstić information content (AvgIpc) is 2.23. The maximum Gasteiger partial charge on any atom is 0.294 e. The van der Waals surface area contributed by atoms with Gasteiger partial charge >= 0.3 is 0 Å². The Balaban J connectivity index is 2.33. The molecule has 0 amide bonds. The first kappa shape index (κ1) is 16.3. The molecule has 2 aliphatic carbocycles. The zero-order valence-electron chi connectivity index (χ0n) is 13.6. The summed E-state index contributed by atoms with van der Waals surface area (Å²) < 4.78 is 0. The maximum absolute atomic E-state index is 10.7. The predicted octanol–water partition coefficient (Wildman–Crippen LogP) is 3.46. The quantitative estimate of drug-likeness (QED) is 0.478. The van der Waals surface area contributed by atoms with Gasteiger partial charge in [0, 0.05) is 5.41 Å². The van der Waals surface area contributed by atoms with E-state index >= 15 is 0 Å². The van der Waals surface area contributed by atoms with Gasteiger partial charge in [0.05, 0.1) is 0 Å². The van der Waals surface area contributed by atoms with Gasteiger partial charge in [-0.05, 0) is 56.4 Å². The third kappa shape index (κ3) is 3.39. The molecule has 0 aromatic heterocycles. The molecule has 2 bridgehead atoms. The Labute approximate surface area is 127 Å². The summed E-state index contributed by atoms with van der Waals surface area (Å²) in [6.07, 6.45) is 7.01. The van der Waals surface area contributed by atoms with Crippen molar-refractivity contribution in [3.8, 4) is 0 Å². The molecule has 0 aromatic rings. The molecular weight excluding hydrogens is 268 g/mol. The van der Waals surface area contributed by atoms with Gasteiger partial charge in [0.2, 0.25) is 0 Å². The van der Waals surface area contributed by atoms with Crippen LogP contribution in [0.25, 0.3) is 0 Å². The van der Waals surface area contributed by atoms with Crippen LogP contribution < -0.4 is 5.73 Å². The first-order chi connectivity index (χ1) is 9.60. The van der Waals surface area contributed by atoms with Crippen molar-refractivity contribution in [1.82, 2.24) is 0 Å². The fraction of sp³-hybridized carbons (Fsp3) is 0.875. The van der Waals surface area contributed by atoms with Gasteiger partial charge in [-0.2, -0.15) is 0 Å². The van der Waals surface area contributed by atoms with Crippen molar-refractivity contribution in [2.75, 3.05) is 6.54 Å². The Morgan fingerprint density at radius 2 is 2.05 bits per heavy atom. The summed E-state index contributed by atoms with van der Waals surface area (Å²) in [5.74, 6) is 0. The van der Waals surface area contributed by atoms with Crippen LogP contribution in [0.1, 0.15) is 59.8 Å². The lowest BCUT2D eigenvalue weighted by molar-refractivity contribution is -0.771. The molecule has 5 heteroatoms. The molecule has 2 N–H and O–H groups in total. The molecule has 5 nitrogen and oxygen atoms in total. The number of nitrogens with zero attached hydrogens (tertiary/aromatic N) is 1. The van der Waals surface area contributed by atoms with Crippen LogP contribution in [0.2, 0.25) is 0 Å². The van der Waals surface area contributed by atoms with Gasteiger partial charge in [-0.3, -0.25) is 0 Å².